The third-order valence-corrected chi connectivity index (χ3v) is 7.40. The van der Waals surface area contributed by atoms with Gasteiger partial charge in [-0.05, 0) is 37.6 Å². The van der Waals surface area contributed by atoms with E-state index >= 15 is 0 Å². The minimum absolute atomic E-state index is 0.499. The molecule has 8 heteroatoms. The molecule has 0 amide bonds. The Kier molecular flexibility index (Phi) is 5.22. The topological polar surface area (TPSA) is 70.4 Å². The summed E-state index contributed by atoms with van der Waals surface area (Å²) in [7, 11) is -0.745. The normalized spacial score (nSPS) is 15.1. The molecule has 5 rings (SSSR count). The van der Waals surface area contributed by atoms with Crippen LogP contribution in [-0.2, 0) is 4.57 Å². The molecule has 0 bridgehead atoms. The number of piperidine rings is 1. The number of benzene rings is 2. The van der Waals surface area contributed by atoms with Gasteiger partial charge in [0.1, 0.15) is 31.4 Å². The Labute approximate surface area is 188 Å². The number of para-hydroxylation sites is 1. The molecule has 0 saturated carbocycles. The van der Waals surface area contributed by atoms with E-state index in [9.17, 15) is 4.57 Å². The monoisotopic (exact) mass is 448 g/mol. The Hall–Kier alpha value is -3.18. The number of methoxy groups -OCH3 is 1. The van der Waals surface area contributed by atoms with Crippen molar-refractivity contribution >= 4 is 47.0 Å². The predicted octanol–water partition coefficient (Wildman–Crippen LogP) is 5.06. The van der Waals surface area contributed by atoms with Crippen molar-refractivity contribution in [3.05, 3.63) is 55.1 Å². The molecule has 1 aromatic heterocycles. The lowest BCUT2D eigenvalue weighted by Crippen LogP contribution is -2.29. The van der Waals surface area contributed by atoms with Gasteiger partial charge in [-0.1, -0.05) is 12.1 Å². The van der Waals surface area contributed by atoms with Crippen LogP contribution in [0.4, 0.5) is 34.5 Å². The van der Waals surface area contributed by atoms with E-state index in [-0.39, 0.29) is 0 Å². The van der Waals surface area contributed by atoms with E-state index in [1.54, 1.807) is 26.6 Å². The predicted molar refractivity (Wildman–Crippen MR) is 131 cm³/mol. The maximum atomic E-state index is 12.7. The lowest BCUT2D eigenvalue weighted by Gasteiger charge is -2.25. The molecule has 2 aliphatic heterocycles. The maximum absolute atomic E-state index is 12.7. The molecule has 0 unspecified atom stereocenters. The zero-order chi connectivity index (χ0) is 22.3. The summed E-state index contributed by atoms with van der Waals surface area (Å²) in [6, 6.07) is 14.0. The third kappa shape index (κ3) is 3.89. The largest absolute Gasteiger partial charge is 0.494 e. The van der Waals surface area contributed by atoms with E-state index in [1.807, 2.05) is 35.2 Å². The lowest BCUT2D eigenvalue weighted by molar-refractivity contribution is 0.416. The smallest absolute Gasteiger partial charge is 0.229 e. The summed E-state index contributed by atoms with van der Waals surface area (Å²) in [5, 5.41) is 4.14. The van der Waals surface area contributed by atoms with Crippen LogP contribution in [0.15, 0.2) is 48.7 Å². The van der Waals surface area contributed by atoms with Crippen LogP contribution < -0.4 is 25.2 Å². The molecule has 1 saturated heterocycles. The van der Waals surface area contributed by atoms with E-state index in [0.29, 0.717) is 5.95 Å². The van der Waals surface area contributed by atoms with Crippen LogP contribution in [-0.4, -0.2) is 43.5 Å². The Morgan fingerprint density at radius 1 is 1.09 bits per heavy atom. The molecule has 0 spiro atoms. The molecule has 1 N–H and O–H groups in total. The Morgan fingerprint density at radius 3 is 2.62 bits per heavy atom. The molecule has 0 radical (unpaired) electrons. The van der Waals surface area contributed by atoms with Crippen molar-refractivity contribution in [2.45, 2.75) is 12.8 Å². The Balaban J connectivity index is 1.38. The fourth-order valence-corrected chi connectivity index (χ4v) is 5.34. The van der Waals surface area contributed by atoms with Crippen LogP contribution in [0.1, 0.15) is 12.8 Å². The van der Waals surface area contributed by atoms with Gasteiger partial charge in [-0.15, -0.1) is 0 Å². The molecule has 164 valence electrons. The van der Waals surface area contributed by atoms with Gasteiger partial charge in [-0.2, -0.15) is 4.98 Å². The highest BCUT2D eigenvalue weighted by atomic mass is 31.2. The van der Waals surface area contributed by atoms with Crippen molar-refractivity contribution in [1.29, 1.82) is 0 Å². The van der Waals surface area contributed by atoms with Crippen LogP contribution in [0.5, 0.6) is 5.75 Å². The molecule has 0 aliphatic carbocycles. The highest BCUT2D eigenvalue weighted by Crippen LogP contribution is 2.54. The number of anilines is 6. The van der Waals surface area contributed by atoms with Crippen molar-refractivity contribution in [3.63, 3.8) is 0 Å². The average molecular weight is 448 g/mol. The van der Waals surface area contributed by atoms with E-state index in [0.717, 1.165) is 65.6 Å². The Bertz CT molecular complexity index is 1200. The standard InChI is InChI=1S/C24H27N5O2P/c1-31-21-15-17(28-13-7-4-8-14-28)11-12-18(21)26-24-25-16-20-23(27-24)29(20)19-9-5-6-10-22(19)32(2,3)30/h4-6,9-12,15-16H,7-8,13-14H2,1-3H3,(H,25,26,27)/q+1. The number of hydrogen-bond donors (Lipinski definition) is 1. The first kappa shape index (κ1) is 20.7. The number of aromatic nitrogens is 2. The van der Waals surface area contributed by atoms with Gasteiger partial charge in [0.2, 0.25) is 5.95 Å². The van der Waals surface area contributed by atoms with Crippen molar-refractivity contribution in [2.24, 2.45) is 0 Å². The molecule has 3 aromatic rings. The summed E-state index contributed by atoms with van der Waals surface area (Å²) in [6.07, 6.45) is 6.35. The van der Waals surface area contributed by atoms with E-state index in [1.165, 1.54) is 0 Å². The molecule has 1 fully saturated rings. The average Bonchev–Trinajstić information content (AvgIpc) is 3.52. The first-order valence-electron chi connectivity index (χ1n) is 10.8. The number of nitrogens with one attached hydrogen (secondary N) is 1. The molecule has 0 atom stereocenters. The molecular formula is C24H27N5O2P+. The van der Waals surface area contributed by atoms with Crippen molar-refractivity contribution in [1.82, 2.24) is 9.97 Å². The van der Waals surface area contributed by atoms with Gasteiger partial charge in [0.25, 0.3) is 0 Å². The number of nitrogens with zero attached hydrogens (tertiary/aromatic N) is 4. The third-order valence-electron chi connectivity index (χ3n) is 5.86. The van der Waals surface area contributed by atoms with Crippen LogP contribution in [0.25, 0.3) is 0 Å². The second-order valence-corrected chi connectivity index (χ2v) is 11.6. The van der Waals surface area contributed by atoms with Gasteiger partial charge in [0.15, 0.2) is 5.82 Å². The van der Waals surface area contributed by atoms with Gasteiger partial charge in [0.05, 0.1) is 44.2 Å². The minimum Gasteiger partial charge on any atom is -0.494 e. The zero-order valence-electron chi connectivity index (χ0n) is 18.6. The first-order chi connectivity index (χ1) is 15.5. The molecule has 2 aromatic carbocycles. The first-order valence-corrected chi connectivity index (χ1v) is 13.4. The van der Waals surface area contributed by atoms with Gasteiger partial charge in [-0.3, -0.25) is 4.90 Å². The van der Waals surface area contributed by atoms with Gasteiger partial charge in [0, 0.05) is 17.1 Å². The molecule has 32 heavy (non-hydrogen) atoms. The van der Waals surface area contributed by atoms with E-state index in [2.05, 4.69) is 38.7 Å². The van der Waals surface area contributed by atoms with Gasteiger partial charge in [-0.25, -0.2) is 4.98 Å². The van der Waals surface area contributed by atoms with Gasteiger partial charge < -0.3 is 19.5 Å². The Morgan fingerprint density at radius 2 is 1.88 bits per heavy atom. The summed E-state index contributed by atoms with van der Waals surface area (Å²) < 4.78 is 18.4. The summed E-state index contributed by atoms with van der Waals surface area (Å²) >= 11 is 0. The fraction of sp³-hybridized carbons (Fsp3) is 0.292. The highest BCUT2D eigenvalue weighted by Gasteiger charge is 2.37. The van der Waals surface area contributed by atoms with Crippen LogP contribution in [0.2, 0.25) is 0 Å². The van der Waals surface area contributed by atoms with Crippen LogP contribution >= 0.6 is 7.14 Å². The van der Waals surface area contributed by atoms with Crippen LogP contribution in [0.3, 0.4) is 0 Å². The molecular weight excluding hydrogens is 421 g/mol. The van der Waals surface area contributed by atoms with E-state index in [4.69, 9.17) is 4.74 Å². The quantitative estimate of drug-likeness (QED) is 0.251. The highest BCUT2D eigenvalue weighted by molar-refractivity contribution is 7.70. The second-order valence-electron chi connectivity index (χ2n) is 8.44. The van der Waals surface area contributed by atoms with Gasteiger partial charge >= 0.3 is 0 Å². The second kappa shape index (κ2) is 8.06. The van der Waals surface area contributed by atoms with E-state index < -0.39 is 7.14 Å². The number of fused-ring (bicyclic) bond motifs is 1. The fourth-order valence-electron chi connectivity index (χ4n) is 4.16. The van der Waals surface area contributed by atoms with Crippen molar-refractivity contribution in [3.8, 4) is 5.75 Å². The maximum Gasteiger partial charge on any atom is 0.229 e. The lowest BCUT2D eigenvalue weighted by atomic mass is 10.1. The molecule has 2 aliphatic rings. The number of hydrogen-bond acceptors (Lipinski definition) is 7. The summed E-state index contributed by atoms with van der Waals surface area (Å²) in [4.78, 5) is 13.5. The van der Waals surface area contributed by atoms with Crippen molar-refractivity contribution in [2.75, 3.05) is 48.6 Å². The summed E-state index contributed by atoms with van der Waals surface area (Å²) in [6.45, 7) is 5.64. The molecule has 7 nitrogen and oxygen atoms in total. The minimum atomic E-state index is -2.42. The summed E-state index contributed by atoms with van der Waals surface area (Å²) in [5.74, 6) is 2.08. The zero-order valence-corrected chi connectivity index (χ0v) is 19.5. The SMILES string of the molecule is COc1cc(N2CC[CH+]CC2)ccc1Nc1ncc2c(n1)N2c1ccccc1P(C)(C)=O. The molecule has 3 heterocycles. The van der Waals surface area contributed by atoms with Crippen molar-refractivity contribution < 1.29 is 9.30 Å². The number of rotatable bonds is 6. The number of ether oxygens (including phenoxy) is 1. The van der Waals surface area contributed by atoms with Crippen LogP contribution in [0, 0.1) is 6.42 Å². The summed E-state index contributed by atoms with van der Waals surface area (Å²) in [5.41, 5.74) is 3.82.